The molecule has 2 amide bonds. The Hall–Kier alpha value is -3.28. The summed E-state index contributed by atoms with van der Waals surface area (Å²) in [6.45, 7) is 1.47. The van der Waals surface area contributed by atoms with E-state index in [9.17, 15) is 9.59 Å². The van der Waals surface area contributed by atoms with Crippen LogP contribution in [-0.2, 0) is 0 Å². The highest BCUT2D eigenvalue weighted by Crippen LogP contribution is 2.31. The maximum absolute atomic E-state index is 14.0. The number of rotatable bonds is 1. The fourth-order valence-corrected chi connectivity index (χ4v) is 5.71. The SMILES string of the molecule is CN1CCCCCCCN(C(=O)c2ccc3cc[nH]c3c2)[C@@H]2CCCC[C@@H]2Oc2ccccc2C1=O. The molecule has 3 aromatic rings. The molecule has 0 spiro atoms. The van der Waals surface area contributed by atoms with Crippen LogP contribution in [0.3, 0.4) is 0 Å². The zero-order valence-electron chi connectivity index (χ0n) is 21.2. The molecule has 1 fully saturated rings. The standard InChI is InChI=1S/C30H37N3O3/c1-32-19-9-3-2-4-10-20-33(29(34)23-16-15-22-17-18-31-25(22)21-23)26-12-6-8-14-28(26)36-27-13-7-5-11-24(27)30(32)35/h5,7,11,13,15-18,21,26,28,31H,2-4,6,8-10,12,14,19-20H2,1H3/t26-,28+/m1/s1. The van der Waals surface area contributed by atoms with Gasteiger partial charge in [-0.25, -0.2) is 0 Å². The van der Waals surface area contributed by atoms with Gasteiger partial charge in [0.25, 0.3) is 11.8 Å². The summed E-state index contributed by atoms with van der Waals surface area (Å²) in [5.74, 6) is 0.696. The van der Waals surface area contributed by atoms with Crippen LogP contribution in [0.15, 0.2) is 54.7 Å². The van der Waals surface area contributed by atoms with Gasteiger partial charge in [0.05, 0.1) is 11.6 Å². The minimum Gasteiger partial charge on any atom is -0.487 e. The van der Waals surface area contributed by atoms with Crippen molar-refractivity contribution in [2.24, 2.45) is 0 Å². The number of aromatic nitrogens is 1. The van der Waals surface area contributed by atoms with Gasteiger partial charge in [-0.05, 0) is 67.8 Å². The Morgan fingerprint density at radius 3 is 2.58 bits per heavy atom. The van der Waals surface area contributed by atoms with Gasteiger partial charge in [0.15, 0.2) is 0 Å². The topological polar surface area (TPSA) is 65.6 Å². The van der Waals surface area contributed by atoms with E-state index in [-0.39, 0.29) is 24.0 Å². The number of ether oxygens (including phenoxy) is 1. The van der Waals surface area contributed by atoms with E-state index >= 15 is 0 Å². The number of H-pyrrole nitrogens is 1. The van der Waals surface area contributed by atoms with Gasteiger partial charge in [-0.1, -0.05) is 43.9 Å². The van der Waals surface area contributed by atoms with Crippen molar-refractivity contribution in [2.45, 2.75) is 69.9 Å². The lowest BCUT2D eigenvalue weighted by atomic mass is 9.90. The van der Waals surface area contributed by atoms with Crippen LogP contribution >= 0.6 is 0 Å². The van der Waals surface area contributed by atoms with Gasteiger partial charge in [-0.3, -0.25) is 9.59 Å². The molecule has 1 aliphatic heterocycles. The van der Waals surface area contributed by atoms with Crippen molar-refractivity contribution in [3.8, 4) is 5.75 Å². The number of carbonyl (C=O) groups is 2. The number of benzene rings is 2. The lowest BCUT2D eigenvalue weighted by Gasteiger charge is -2.40. The summed E-state index contributed by atoms with van der Waals surface area (Å²) in [7, 11) is 1.88. The monoisotopic (exact) mass is 487 g/mol. The summed E-state index contributed by atoms with van der Waals surface area (Å²) < 4.78 is 6.62. The smallest absolute Gasteiger partial charge is 0.257 e. The number of aromatic amines is 1. The first kappa shape index (κ1) is 24.4. The average Bonchev–Trinajstić information content (AvgIpc) is 3.38. The third kappa shape index (κ3) is 5.28. The molecule has 1 saturated carbocycles. The van der Waals surface area contributed by atoms with E-state index in [4.69, 9.17) is 4.74 Å². The van der Waals surface area contributed by atoms with E-state index in [2.05, 4.69) is 9.88 Å². The van der Waals surface area contributed by atoms with Crippen LogP contribution in [0, 0.1) is 0 Å². The van der Waals surface area contributed by atoms with Crippen LogP contribution in [-0.4, -0.2) is 58.9 Å². The van der Waals surface area contributed by atoms with E-state index in [1.54, 1.807) is 0 Å². The first-order valence-corrected chi connectivity index (χ1v) is 13.5. The fraction of sp³-hybridized carbons (Fsp3) is 0.467. The van der Waals surface area contributed by atoms with Crippen LogP contribution < -0.4 is 4.74 Å². The molecule has 0 unspecified atom stereocenters. The van der Waals surface area contributed by atoms with Gasteiger partial charge in [0.2, 0.25) is 0 Å². The van der Waals surface area contributed by atoms with Crippen LogP contribution in [0.2, 0.25) is 0 Å². The van der Waals surface area contributed by atoms with Gasteiger partial charge in [0, 0.05) is 37.4 Å². The molecular formula is C30H37N3O3. The second-order valence-corrected chi connectivity index (χ2v) is 10.3. The summed E-state index contributed by atoms with van der Waals surface area (Å²) >= 11 is 0. The van der Waals surface area contributed by atoms with Crippen molar-refractivity contribution >= 4 is 22.7 Å². The molecule has 0 radical (unpaired) electrons. The molecule has 1 aromatic heterocycles. The van der Waals surface area contributed by atoms with E-state index in [0.717, 1.165) is 81.8 Å². The van der Waals surface area contributed by atoms with E-state index in [1.165, 1.54) is 0 Å². The molecule has 2 aliphatic rings. The first-order chi connectivity index (χ1) is 17.6. The zero-order chi connectivity index (χ0) is 24.9. The van der Waals surface area contributed by atoms with Crippen LogP contribution in [0.4, 0.5) is 0 Å². The van der Waals surface area contributed by atoms with Gasteiger partial charge in [-0.2, -0.15) is 0 Å². The predicted octanol–water partition coefficient (Wildman–Crippen LogP) is 6.04. The number of nitrogens with one attached hydrogen (secondary N) is 1. The van der Waals surface area contributed by atoms with Crippen molar-refractivity contribution in [3.63, 3.8) is 0 Å². The highest BCUT2D eigenvalue weighted by Gasteiger charge is 2.35. The molecule has 36 heavy (non-hydrogen) atoms. The summed E-state index contributed by atoms with van der Waals surface area (Å²) in [6, 6.07) is 15.5. The molecular weight excluding hydrogens is 450 g/mol. The highest BCUT2D eigenvalue weighted by atomic mass is 16.5. The first-order valence-electron chi connectivity index (χ1n) is 13.5. The fourth-order valence-electron chi connectivity index (χ4n) is 5.71. The molecule has 6 nitrogen and oxygen atoms in total. The van der Waals surface area contributed by atoms with Crippen molar-refractivity contribution in [3.05, 3.63) is 65.9 Å². The molecule has 2 atom stereocenters. The number of nitrogens with zero attached hydrogens (tertiary/aromatic N) is 2. The third-order valence-corrected chi connectivity index (χ3v) is 7.77. The number of fused-ring (bicyclic) bond motifs is 3. The summed E-state index contributed by atoms with van der Waals surface area (Å²) in [5.41, 5.74) is 2.30. The van der Waals surface area contributed by atoms with Crippen molar-refractivity contribution in [1.82, 2.24) is 14.8 Å². The highest BCUT2D eigenvalue weighted by molar-refractivity contribution is 5.98. The zero-order valence-corrected chi connectivity index (χ0v) is 21.2. The van der Waals surface area contributed by atoms with Crippen molar-refractivity contribution in [2.75, 3.05) is 20.1 Å². The molecule has 0 saturated heterocycles. The number of amides is 2. The summed E-state index contributed by atoms with van der Waals surface area (Å²) in [4.78, 5) is 34.3. The van der Waals surface area contributed by atoms with Crippen molar-refractivity contribution in [1.29, 1.82) is 0 Å². The number of hydrogen-bond donors (Lipinski definition) is 1. The largest absolute Gasteiger partial charge is 0.487 e. The van der Waals surface area contributed by atoms with Gasteiger partial charge >= 0.3 is 0 Å². The molecule has 2 heterocycles. The summed E-state index contributed by atoms with van der Waals surface area (Å²) in [5, 5.41) is 1.11. The van der Waals surface area contributed by atoms with E-state index < -0.39 is 0 Å². The quantitative estimate of drug-likeness (QED) is 0.455. The molecule has 0 bridgehead atoms. The molecule has 2 aromatic carbocycles. The Morgan fingerprint density at radius 2 is 1.69 bits per heavy atom. The summed E-state index contributed by atoms with van der Waals surface area (Å²) in [6.07, 6.45) is 10.9. The maximum atomic E-state index is 14.0. The van der Waals surface area contributed by atoms with Gasteiger partial charge in [0.1, 0.15) is 11.9 Å². The second-order valence-electron chi connectivity index (χ2n) is 10.3. The Labute approximate surface area is 213 Å². The minimum absolute atomic E-state index is 0.0000132. The Kier molecular flexibility index (Phi) is 7.59. The van der Waals surface area contributed by atoms with E-state index in [1.807, 2.05) is 66.7 Å². The lowest BCUT2D eigenvalue weighted by molar-refractivity contribution is 0.0270. The number of hydrogen-bond acceptors (Lipinski definition) is 3. The lowest BCUT2D eigenvalue weighted by Crippen LogP contribution is -2.51. The van der Waals surface area contributed by atoms with Crippen molar-refractivity contribution < 1.29 is 14.3 Å². The third-order valence-electron chi connectivity index (χ3n) is 7.77. The van der Waals surface area contributed by atoms with E-state index in [0.29, 0.717) is 16.9 Å². The normalized spacial score (nSPS) is 22.2. The Morgan fingerprint density at radius 1 is 0.917 bits per heavy atom. The molecule has 1 aliphatic carbocycles. The Bertz CT molecular complexity index is 1200. The van der Waals surface area contributed by atoms with Crippen LogP contribution in [0.25, 0.3) is 10.9 Å². The molecule has 1 N–H and O–H groups in total. The molecule has 5 rings (SSSR count). The minimum atomic E-state index is -0.138. The predicted molar refractivity (Wildman–Crippen MR) is 142 cm³/mol. The average molecular weight is 488 g/mol. The van der Waals surface area contributed by atoms with Gasteiger partial charge in [-0.15, -0.1) is 0 Å². The van der Waals surface area contributed by atoms with Gasteiger partial charge < -0.3 is 19.5 Å². The molecule has 190 valence electrons. The number of para-hydroxylation sites is 1. The Balaban J connectivity index is 1.48. The second kappa shape index (κ2) is 11.2. The number of carbonyl (C=O) groups excluding carboxylic acids is 2. The van der Waals surface area contributed by atoms with Crippen LogP contribution in [0.1, 0.15) is 78.5 Å². The van der Waals surface area contributed by atoms with Crippen LogP contribution in [0.5, 0.6) is 5.75 Å². The molecule has 6 heteroatoms. The maximum Gasteiger partial charge on any atom is 0.257 e.